The van der Waals surface area contributed by atoms with Crippen LogP contribution in [0.3, 0.4) is 0 Å². The molecule has 1 unspecified atom stereocenters. The summed E-state index contributed by atoms with van der Waals surface area (Å²) in [6.45, 7) is 3.42. The minimum atomic E-state index is -1.10. The van der Waals surface area contributed by atoms with Crippen LogP contribution in [0.5, 0.6) is 0 Å². The van der Waals surface area contributed by atoms with Crippen LogP contribution in [-0.2, 0) is 11.8 Å². The number of aromatic nitrogens is 1. The third-order valence-corrected chi connectivity index (χ3v) is 3.62. The molecule has 2 N–H and O–H groups in total. The highest BCUT2D eigenvalue weighted by Crippen LogP contribution is 2.16. The van der Waals surface area contributed by atoms with Crippen molar-refractivity contribution in [2.75, 3.05) is 0 Å². The standard InChI is InChI=1S/C16H18N2O4/c1-9(2)14(16(21)22)17-15(20)11-8-13(19)18(3)12-7-5-4-6-10(11)12/h4-9,14H,1-3H3,(H,17,20)(H,21,22). The summed E-state index contributed by atoms with van der Waals surface area (Å²) in [5.41, 5.74) is 0.488. The average Bonchev–Trinajstić information content (AvgIpc) is 2.47. The molecular weight excluding hydrogens is 284 g/mol. The molecule has 0 saturated heterocycles. The van der Waals surface area contributed by atoms with Crippen LogP contribution in [0, 0.1) is 5.92 Å². The largest absolute Gasteiger partial charge is 0.480 e. The molecule has 22 heavy (non-hydrogen) atoms. The van der Waals surface area contributed by atoms with Crippen LogP contribution in [0.2, 0.25) is 0 Å². The molecule has 0 bridgehead atoms. The summed E-state index contributed by atoms with van der Waals surface area (Å²) >= 11 is 0. The molecule has 0 saturated carbocycles. The quantitative estimate of drug-likeness (QED) is 0.893. The van der Waals surface area contributed by atoms with Crippen molar-refractivity contribution in [3.05, 3.63) is 46.2 Å². The van der Waals surface area contributed by atoms with Crippen LogP contribution < -0.4 is 10.9 Å². The molecule has 0 aliphatic rings. The first kappa shape index (κ1) is 15.8. The summed E-state index contributed by atoms with van der Waals surface area (Å²) in [5, 5.41) is 12.3. The second-order valence-electron chi connectivity index (χ2n) is 5.51. The maximum absolute atomic E-state index is 12.4. The zero-order valence-corrected chi connectivity index (χ0v) is 12.7. The van der Waals surface area contributed by atoms with Gasteiger partial charge in [-0.2, -0.15) is 0 Å². The Morgan fingerprint density at radius 2 is 1.86 bits per heavy atom. The van der Waals surface area contributed by atoms with E-state index in [2.05, 4.69) is 5.32 Å². The fourth-order valence-corrected chi connectivity index (χ4v) is 2.33. The lowest BCUT2D eigenvalue weighted by Gasteiger charge is -2.18. The van der Waals surface area contributed by atoms with E-state index in [0.717, 1.165) is 0 Å². The third-order valence-electron chi connectivity index (χ3n) is 3.62. The smallest absolute Gasteiger partial charge is 0.326 e. The second-order valence-corrected chi connectivity index (χ2v) is 5.51. The van der Waals surface area contributed by atoms with Gasteiger partial charge in [0.1, 0.15) is 6.04 Å². The summed E-state index contributed by atoms with van der Waals surface area (Å²) in [6, 6.07) is 7.24. The highest BCUT2D eigenvalue weighted by atomic mass is 16.4. The number of carbonyl (C=O) groups excluding carboxylic acids is 1. The molecule has 0 radical (unpaired) electrons. The van der Waals surface area contributed by atoms with Gasteiger partial charge in [-0.25, -0.2) is 4.79 Å². The number of nitrogens with zero attached hydrogens (tertiary/aromatic N) is 1. The molecule has 2 aromatic rings. The first-order chi connectivity index (χ1) is 10.3. The molecule has 1 aromatic heterocycles. The predicted octanol–water partition coefficient (Wildman–Crippen LogP) is 1.38. The van der Waals surface area contributed by atoms with Crippen LogP contribution >= 0.6 is 0 Å². The van der Waals surface area contributed by atoms with Gasteiger partial charge in [0, 0.05) is 18.5 Å². The molecule has 1 amide bonds. The van der Waals surface area contributed by atoms with Gasteiger partial charge in [0.15, 0.2) is 0 Å². The third kappa shape index (κ3) is 2.86. The zero-order valence-electron chi connectivity index (χ0n) is 12.7. The lowest BCUT2D eigenvalue weighted by Crippen LogP contribution is -2.44. The van der Waals surface area contributed by atoms with Crippen LogP contribution in [0.15, 0.2) is 35.1 Å². The van der Waals surface area contributed by atoms with Gasteiger partial charge in [0.2, 0.25) is 0 Å². The summed E-state index contributed by atoms with van der Waals surface area (Å²) < 4.78 is 1.45. The Kier molecular flexibility index (Phi) is 4.30. The molecular formula is C16H18N2O4. The molecule has 0 aliphatic carbocycles. The maximum atomic E-state index is 12.4. The van der Waals surface area contributed by atoms with Crippen molar-refractivity contribution >= 4 is 22.8 Å². The van der Waals surface area contributed by atoms with Crippen molar-refractivity contribution in [1.82, 2.24) is 9.88 Å². The minimum Gasteiger partial charge on any atom is -0.480 e. The van der Waals surface area contributed by atoms with Crippen LogP contribution in [0.4, 0.5) is 0 Å². The number of rotatable bonds is 4. The molecule has 6 nitrogen and oxygen atoms in total. The number of carbonyl (C=O) groups is 2. The monoisotopic (exact) mass is 302 g/mol. The number of carboxylic acid groups (broad SMARTS) is 1. The Morgan fingerprint density at radius 1 is 1.23 bits per heavy atom. The Bertz CT molecular complexity index is 792. The lowest BCUT2D eigenvalue weighted by molar-refractivity contribution is -0.140. The topological polar surface area (TPSA) is 88.4 Å². The van der Waals surface area contributed by atoms with Crippen molar-refractivity contribution in [1.29, 1.82) is 0 Å². The first-order valence-electron chi connectivity index (χ1n) is 6.95. The second kappa shape index (κ2) is 6.01. The lowest BCUT2D eigenvalue weighted by atomic mass is 10.0. The maximum Gasteiger partial charge on any atom is 0.326 e. The van der Waals surface area contributed by atoms with Crippen molar-refractivity contribution in [3.63, 3.8) is 0 Å². The number of aryl methyl sites for hydroxylation is 1. The van der Waals surface area contributed by atoms with Gasteiger partial charge in [-0.1, -0.05) is 32.0 Å². The van der Waals surface area contributed by atoms with Crippen molar-refractivity contribution in [2.45, 2.75) is 19.9 Å². The summed E-state index contributed by atoms with van der Waals surface area (Å²) in [7, 11) is 1.63. The molecule has 6 heteroatoms. The molecule has 1 heterocycles. The number of hydrogen-bond acceptors (Lipinski definition) is 3. The number of amides is 1. The van der Waals surface area contributed by atoms with Crippen LogP contribution in [-0.4, -0.2) is 27.6 Å². The number of pyridine rings is 1. The minimum absolute atomic E-state index is 0.186. The van der Waals surface area contributed by atoms with Crippen molar-refractivity contribution in [2.24, 2.45) is 13.0 Å². The molecule has 0 spiro atoms. The van der Waals surface area contributed by atoms with E-state index in [1.54, 1.807) is 45.2 Å². The van der Waals surface area contributed by atoms with E-state index in [1.165, 1.54) is 10.6 Å². The number of hydrogen-bond donors (Lipinski definition) is 2. The van der Waals surface area contributed by atoms with E-state index in [0.29, 0.717) is 10.9 Å². The van der Waals surface area contributed by atoms with E-state index < -0.39 is 17.9 Å². The van der Waals surface area contributed by atoms with Gasteiger partial charge in [-0.15, -0.1) is 0 Å². The van der Waals surface area contributed by atoms with Crippen molar-refractivity contribution in [3.8, 4) is 0 Å². The Balaban J connectivity index is 2.51. The van der Waals surface area contributed by atoms with Crippen LogP contribution in [0.1, 0.15) is 24.2 Å². The molecule has 2 rings (SSSR count). The number of para-hydroxylation sites is 1. The van der Waals surface area contributed by atoms with E-state index >= 15 is 0 Å². The summed E-state index contributed by atoms with van der Waals surface area (Å²) in [5.74, 6) is -1.93. The molecule has 0 aliphatic heterocycles. The van der Waals surface area contributed by atoms with E-state index in [4.69, 9.17) is 0 Å². The van der Waals surface area contributed by atoms with Gasteiger partial charge in [0.05, 0.1) is 11.1 Å². The fraction of sp³-hybridized carbons (Fsp3) is 0.312. The predicted molar refractivity (Wildman–Crippen MR) is 82.9 cm³/mol. The number of benzene rings is 1. The van der Waals surface area contributed by atoms with Gasteiger partial charge in [-0.05, 0) is 12.0 Å². The van der Waals surface area contributed by atoms with E-state index in [9.17, 15) is 19.5 Å². The van der Waals surface area contributed by atoms with Gasteiger partial charge in [-0.3, -0.25) is 9.59 Å². The Morgan fingerprint density at radius 3 is 2.45 bits per heavy atom. The molecule has 1 aromatic carbocycles. The average molecular weight is 302 g/mol. The zero-order chi connectivity index (χ0) is 16.4. The summed E-state index contributed by atoms with van der Waals surface area (Å²) in [4.78, 5) is 35.6. The molecule has 116 valence electrons. The number of carboxylic acids is 1. The van der Waals surface area contributed by atoms with Crippen LogP contribution in [0.25, 0.3) is 10.9 Å². The number of aliphatic carboxylic acids is 1. The normalized spacial score (nSPS) is 12.4. The first-order valence-corrected chi connectivity index (χ1v) is 6.95. The van der Waals surface area contributed by atoms with Gasteiger partial charge in [0.25, 0.3) is 11.5 Å². The Hall–Kier alpha value is -2.63. The summed E-state index contributed by atoms with van der Waals surface area (Å²) in [6.07, 6.45) is 0. The van der Waals surface area contributed by atoms with Gasteiger partial charge < -0.3 is 15.0 Å². The number of fused-ring (bicyclic) bond motifs is 1. The van der Waals surface area contributed by atoms with E-state index in [-0.39, 0.29) is 17.0 Å². The number of nitrogens with one attached hydrogen (secondary N) is 1. The van der Waals surface area contributed by atoms with Gasteiger partial charge >= 0.3 is 5.97 Å². The highest BCUT2D eigenvalue weighted by Gasteiger charge is 2.25. The van der Waals surface area contributed by atoms with Crippen molar-refractivity contribution < 1.29 is 14.7 Å². The molecule has 0 fully saturated rings. The SMILES string of the molecule is CC(C)C(NC(=O)c1cc(=O)n(C)c2ccccc12)C(=O)O. The van der Waals surface area contributed by atoms with E-state index in [1.807, 2.05) is 0 Å². The fourth-order valence-electron chi connectivity index (χ4n) is 2.33. The Labute approximate surface area is 127 Å². The highest BCUT2D eigenvalue weighted by molar-refractivity contribution is 6.07. The molecule has 1 atom stereocenters.